The number of nitrogens with zero attached hydrogens (tertiary/aromatic N) is 1. The molecule has 11 heavy (non-hydrogen) atoms. The number of nitrogens with one attached hydrogen (secondary N) is 1. The molecule has 0 aromatic carbocycles. The highest BCUT2D eigenvalue weighted by atomic mass is 32.1. The van der Waals surface area contributed by atoms with Crippen molar-refractivity contribution >= 4 is 11.3 Å². The second-order valence-corrected chi connectivity index (χ2v) is 3.18. The molecule has 0 aliphatic carbocycles. The molecule has 0 unspecified atom stereocenters. The quantitative estimate of drug-likeness (QED) is 0.699. The maximum Gasteiger partial charge on any atom is 0.0795 e. The van der Waals surface area contributed by atoms with E-state index in [1.165, 1.54) is 0 Å². The van der Waals surface area contributed by atoms with Gasteiger partial charge in [0.15, 0.2) is 0 Å². The molecule has 0 aliphatic rings. The van der Waals surface area contributed by atoms with Gasteiger partial charge in [-0.1, -0.05) is 0 Å². The summed E-state index contributed by atoms with van der Waals surface area (Å²) in [6.45, 7) is 3.12. The first-order chi connectivity index (χ1) is 5.29. The van der Waals surface area contributed by atoms with Crippen molar-refractivity contribution in [3.8, 4) is 0 Å². The lowest BCUT2D eigenvalue weighted by Crippen LogP contribution is -2.23. The van der Waals surface area contributed by atoms with E-state index in [1.807, 2.05) is 5.38 Å². The van der Waals surface area contributed by atoms with Crippen LogP contribution in [0.4, 0.5) is 0 Å². The fraction of sp³-hybridized carbons (Fsp3) is 0.571. The van der Waals surface area contributed by atoms with E-state index in [9.17, 15) is 0 Å². The zero-order valence-electron chi connectivity index (χ0n) is 6.45. The molecule has 62 valence electrons. The number of aromatic nitrogens is 1. The van der Waals surface area contributed by atoms with E-state index in [0.717, 1.165) is 12.2 Å². The molecule has 0 radical (unpaired) electrons. The SMILES string of the molecule is C[C@H](O)CNCc1cscn1. The summed E-state index contributed by atoms with van der Waals surface area (Å²) < 4.78 is 0. The second kappa shape index (κ2) is 4.43. The van der Waals surface area contributed by atoms with E-state index in [-0.39, 0.29) is 6.10 Å². The Labute approximate surface area is 70.1 Å². The lowest BCUT2D eigenvalue weighted by Gasteiger charge is -2.03. The third-order valence-electron chi connectivity index (χ3n) is 1.23. The maximum atomic E-state index is 8.90. The first-order valence-electron chi connectivity index (χ1n) is 3.55. The summed E-state index contributed by atoms with van der Waals surface area (Å²) in [5.74, 6) is 0. The summed E-state index contributed by atoms with van der Waals surface area (Å²) >= 11 is 1.58. The predicted octanol–water partition coefficient (Wildman–Crippen LogP) is 0.614. The van der Waals surface area contributed by atoms with Gasteiger partial charge in [-0.3, -0.25) is 0 Å². The lowest BCUT2D eigenvalue weighted by atomic mass is 10.4. The van der Waals surface area contributed by atoms with Gasteiger partial charge in [0, 0.05) is 18.5 Å². The Morgan fingerprint density at radius 2 is 2.64 bits per heavy atom. The van der Waals surface area contributed by atoms with Crippen LogP contribution in [0, 0.1) is 0 Å². The van der Waals surface area contributed by atoms with Crippen molar-refractivity contribution in [3.05, 3.63) is 16.6 Å². The molecule has 0 saturated carbocycles. The van der Waals surface area contributed by atoms with Crippen LogP contribution in [0.5, 0.6) is 0 Å². The minimum absolute atomic E-state index is 0.284. The van der Waals surface area contributed by atoms with Crippen molar-refractivity contribution in [2.24, 2.45) is 0 Å². The van der Waals surface area contributed by atoms with E-state index in [4.69, 9.17) is 5.11 Å². The molecule has 0 fully saturated rings. The van der Waals surface area contributed by atoms with Gasteiger partial charge in [0.1, 0.15) is 0 Å². The summed E-state index contributed by atoms with van der Waals surface area (Å²) in [7, 11) is 0. The Morgan fingerprint density at radius 3 is 3.18 bits per heavy atom. The smallest absolute Gasteiger partial charge is 0.0795 e. The number of hydrogen-bond donors (Lipinski definition) is 2. The van der Waals surface area contributed by atoms with Crippen LogP contribution in [-0.2, 0) is 6.54 Å². The minimum atomic E-state index is -0.284. The van der Waals surface area contributed by atoms with E-state index in [0.29, 0.717) is 6.54 Å². The third-order valence-corrected chi connectivity index (χ3v) is 1.86. The normalized spacial score (nSPS) is 13.3. The monoisotopic (exact) mass is 172 g/mol. The number of thiazole rings is 1. The first kappa shape index (κ1) is 8.64. The van der Waals surface area contributed by atoms with Crippen LogP contribution in [0.15, 0.2) is 10.9 Å². The van der Waals surface area contributed by atoms with E-state index in [1.54, 1.807) is 23.8 Å². The molecular weight excluding hydrogens is 160 g/mol. The fourth-order valence-electron chi connectivity index (χ4n) is 0.734. The van der Waals surface area contributed by atoms with E-state index in [2.05, 4.69) is 10.3 Å². The van der Waals surface area contributed by atoms with Gasteiger partial charge in [-0.2, -0.15) is 0 Å². The van der Waals surface area contributed by atoms with Crippen molar-refractivity contribution in [2.45, 2.75) is 19.6 Å². The fourth-order valence-corrected chi connectivity index (χ4v) is 1.29. The molecule has 1 aromatic heterocycles. The van der Waals surface area contributed by atoms with Crippen molar-refractivity contribution in [1.82, 2.24) is 10.3 Å². The number of aliphatic hydroxyl groups excluding tert-OH is 1. The second-order valence-electron chi connectivity index (χ2n) is 2.46. The molecular formula is C7H12N2OS. The van der Waals surface area contributed by atoms with Crippen LogP contribution < -0.4 is 5.32 Å². The van der Waals surface area contributed by atoms with Crippen LogP contribution >= 0.6 is 11.3 Å². The first-order valence-corrected chi connectivity index (χ1v) is 4.49. The molecule has 1 rings (SSSR count). The topological polar surface area (TPSA) is 45.1 Å². The van der Waals surface area contributed by atoms with E-state index >= 15 is 0 Å². The van der Waals surface area contributed by atoms with Gasteiger partial charge < -0.3 is 10.4 Å². The summed E-state index contributed by atoms with van der Waals surface area (Å²) in [5.41, 5.74) is 2.84. The van der Waals surface area contributed by atoms with Crippen molar-refractivity contribution in [1.29, 1.82) is 0 Å². The zero-order chi connectivity index (χ0) is 8.10. The van der Waals surface area contributed by atoms with Gasteiger partial charge in [-0.25, -0.2) is 4.98 Å². The average molecular weight is 172 g/mol. The predicted molar refractivity (Wildman–Crippen MR) is 45.5 cm³/mol. The Balaban J connectivity index is 2.14. The standard InChI is InChI=1S/C7H12N2OS/c1-6(10)2-8-3-7-4-11-5-9-7/h4-6,8,10H,2-3H2,1H3/t6-/m0/s1. The minimum Gasteiger partial charge on any atom is -0.392 e. The molecule has 1 aromatic rings. The van der Waals surface area contributed by atoms with Crippen LogP contribution in [0.2, 0.25) is 0 Å². The summed E-state index contributed by atoms with van der Waals surface area (Å²) in [4.78, 5) is 4.09. The highest BCUT2D eigenvalue weighted by Crippen LogP contribution is 1.99. The molecule has 2 N–H and O–H groups in total. The van der Waals surface area contributed by atoms with Gasteiger partial charge in [0.05, 0.1) is 17.3 Å². The summed E-state index contributed by atoms with van der Waals surface area (Å²) in [6, 6.07) is 0. The van der Waals surface area contributed by atoms with Gasteiger partial charge in [0.2, 0.25) is 0 Å². The average Bonchev–Trinajstić information content (AvgIpc) is 2.39. The number of hydrogen-bond acceptors (Lipinski definition) is 4. The molecule has 0 aliphatic heterocycles. The van der Waals surface area contributed by atoms with Crippen LogP contribution in [-0.4, -0.2) is 22.7 Å². The largest absolute Gasteiger partial charge is 0.392 e. The molecule has 4 heteroatoms. The molecule has 1 atom stereocenters. The van der Waals surface area contributed by atoms with Gasteiger partial charge in [-0.05, 0) is 6.92 Å². The zero-order valence-corrected chi connectivity index (χ0v) is 7.27. The van der Waals surface area contributed by atoms with Crippen LogP contribution in [0.25, 0.3) is 0 Å². The van der Waals surface area contributed by atoms with Gasteiger partial charge in [-0.15, -0.1) is 11.3 Å². The molecule has 0 bridgehead atoms. The Kier molecular flexibility index (Phi) is 3.48. The van der Waals surface area contributed by atoms with E-state index < -0.39 is 0 Å². The highest BCUT2D eigenvalue weighted by molar-refractivity contribution is 7.07. The maximum absolute atomic E-state index is 8.90. The Bertz CT molecular complexity index is 186. The van der Waals surface area contributed by atoms with Crippen LogP contribution in [0.1, 0.15) is 12.6 Å². The molecule has 0 amide bonds. The van der Waals surface area contributed by atoms with Crippen molar-refractivity contribution < 1.29 is 5.11 Å². The molecule has 0 saturated heterocycles. The summed E-state index contributed by atoms with van der Waals surface area (Å²) in [5, 5.41) is 14.0. The Hall–Kier alpha value is -0.450. The third kappa shape index (κ3) is 3.46. The van der Waals surface area contributed by atoms with Crippen LogP contribution in [0.3, 0.4) is 0 Å². The van der Waals surface area contributed by atoms with Gasteiger partial charge in [0.25, 0.3) is 0 Å². The van der Waals surface area contributed by atoms with Crippen molar-refractivity contribution in [2.75, 3.05) is 6.54 Å². The number of aliphatic hydroxyl groups is 1. The van der Waals surface area contributed by atoms with Crippen molar-refractivity contribution in [3.63, 3.8) is 0 Å². The molecule has 0 spiro atoms. The van der Waals surface area contributed by atoms with Gasteiger partial charge >= 0.3 is 0 Å². The Morgan fingerprint density at radius 1 is 1.82 bits per heavy atom. The summed E-state index contributed by atoms with van der Waals surface area (Å²) in [6.07, 6.45) is -0.284. The molecule has 1 heterocycles. The molecule has 3 nitrogen and oxygen atoms in total. The lowest BCUT2D eigenvalue weighted by molar-refractivity contribution is 0.191. The highest BCUT2D eigenvalue weighted by Gasteiger charge is 1.96. The number of rotatable bonds is 4.